The molecule has 0 aromatic heterocycles. The van der Waals surface area contributed by atoms with Gasteiger partial charge in [0, 0.05) is 34.0 Å². The minimum Gasteiger partial charge on any atom is -0.494 e. The van der Waals surface area contributed by atoms with Crippen molar-refractivity contribution in [2.45, 2.75) is 36.7 Å². The van der Waals surface area contributed by atoms with E-state index < -0.39 is 0 Å². The van der Waals surface area contributed by atoms with E-state index >= 15 is 0 Å². The van der Waals surface area contributed by atoms with Gasteiger partial charge >= 0.3 is 0 Å². The van der Waals surface area contributed by atoms with Crippen molar-refractivity contribution in [3.63, 3.8) is 0 Å². The fourth-order valence-electron chi connectivity index (χ4n) is 3.98. The lowest BCUT2D eigenvalue weighted by Gasteiger charge is -2.14. The van der Waals surface area contributed by atoms with Crippen molar-refractivity contribution in [3.8, 4) is 11.5 Å². The van der Waals surface area contributed by atoms with Crippen LogP contribution in [0.4, 0.5) is 0 Å². The van der Waals surface area contributed by atoms with Crippen LogP contribution in [0.15, 0.2) is 107 Å². The van der Waals surface area contributed by atoms with Crippen LogP contribution in [0.1, 0.15) is 45.7 Å². The molecule has 6 nitrogen and oxygen atoms in total. The summed E-state index contributed by atoms with van der Waals surface area (Å²) in [6.07, 6.45) is 0. The summed E-state index contributed by atoms with van der Waals surface area (Å²) >= 11 is 0. The minimum atomic E-state index is -0.172. The van der Waals surface area contributed by atoms with Crippen LogP contribution >= 0.6 is 21.6 Å². The molecule has 8 heteroatoms. The van der Waals surface area contributed by atoms with Gasteiger partial charge in [-0.2, -0.15) is 0 Å². The molecule has 0 atom stereocenters. The Morgan fingerprint density at radius 2 is 0.950 bits per heavy atom. The lowest BCUT2D eigenvalue weighted by molar-refractivity contribution is 0.0939. The molecule has 0 heterocycles. The smallest absolute Gasteiger partial charge is 0.252 e. The zero-order valence-electron chi connectivity index (χ0n) is 22.5. The molecule has 0 radical (unpaired) electrons. The zero-order valence-corrected chi connectivity index (χ0v) is 24.1. The maximum atomic E-state index is 13.1. The van der Waals surface area contributed by atoms with E-state index in [0.717, 1.165) is 32.4 Å². The van der Waals surface area contributed by atoms with Gasteiger partial charge in [0.15, 0.2) is 0 Å². The van der Waals surface area contributed by atoms with Crippen molar-refractivity contribution < 1.29 is 19.1 Å². The van der Waals surface area contributed by atoms with Crippen molar-refractivity contribution in [1.29, 1.82) is 0 Å². The molecule has 0 spiro atoms. The van der Waals surface area contributed by atoms with Crippen molar-refractivity contribution in [2.75, 3.05) is 13.2 Å². The Morgan fingerprint density at radius 1 is 0.575 bits per heavy atom. The molecule has 0 aliphatic carbocycles. The molecule has 0 fully saturated rings. The summed E-state index contributed by atoms with van der Waals surface area (Å²) in [7, 11) is 2.90. The van der Waals surface area contributed by atoms with Gasteiger partial charge in [0.1, 0.15) is 11.5 Å². The molecular formula is C32H32N2O4S2. The van der Waals surface area contributed by atoms with Crippen LogP contribution in [0.2, 0.25) is 0 Å². The Bertz CT molecular complexity index is 1330. The number of hydrogen-bond donors (Lipinski definition) is 2. The van der Waals surface area contributed by atoms with Gasteiger partial charge in [-0.15, -0.1) is 0 Å². The van der Waals surface area contributed by atoms with Crippen molar-refractivity contribution in [3.05, 3.63) is 119 Å². The van der Waals surface area contributed by atoms with Crippen LogP contribution in [0, 0.1) is 0 Å². The van der Waals surface area contributed by atoms with Gasteiger partial charge in [-0.1, -0.05) is 82.3 Å². The molecular weight excluding hydrogens is 540 g/mol. The van der Waals surface area contributed by atoms with Crippen LogP contribution in [-0.2, 0) is 13.1 Å². The average Bonchev–Trinajstić information content (AvgIpc) is 2.99. The van der Waals surface area contributed by atoms with E-state index in [2.05, 4.69) is 10.6 Å². The molecule has 4 rings (SSSR count). The molecule has 2 amide bonds. The Balaban J connectivity index is 1.41. The highest BCUT2D eigenvalue weighted by atomic mass is 33.1. The Hall–Kier alpha value is -3.88. The number of nitrogens with one attached hydrogen (secondary N) is 2. The molecule has 0 saturated heterocycles. The van der Waals surface area contributed by atoms with Gasteiger partial charge in [-0.05, 0) is 50.2 Å². The normalized spacial score (nSPS) is 10.6. The van der Waals surface area contributed by atoms with Crippen LogP contribution in [0.5, 0.6) is 11.5 Å². The number of carbonyl (C=O) groups is 2. The summed E-state index contributed by atoms with van der Waals surface area (Å²) in [4.78, 5) is 27.9. The summed E-state index contributed by atoms with van der Waals surface area (Å²) in [6.45, 7) is 5.70. The van der Waals surface area contributed by atoms with Crippen LogP contribution in [0.3, 0.4) is 0 Å². The van der Waals surface area contributed by atoms with Crippen LogP contribution in [0.25, 0.3) is 0 Å². The highest BCUT2D eigenvalue weighted by molar-refractivity contribution is 8.76. The zero-order chi connectivity index (χ0) is 28.2. The molecule has 40 heavy (non-hydrogen) atoms. The predicted molar refractivity (Wildman–Crippen MR) is 162 cm³/mol. The summed E-state index contributed by atoms with van der Waals surface area (Å²) in [6, 6.07) is 30.3. The lowest BCUT2D eigenvalue weighted by Crippen LogP contribution is -2.24. The first-order chi connectivity index (χ1) is 19.6. The highest BCUT2D eigenvalue weighted by Crippen LogP contribution is 2.40. The molecule has 0 bridgehead atoms. The van der Waals surface area contributed by atoms with E-state index in [1.165, 1.54) is 21.6 Å². The highest BCUT2D eigenvalue weighted by Gasteiger charge is 2.16. The molecule has 0 aliphatic rings. The summed E-state index contributed by atoms with van der Waals surface area (Å²) in [5.41, 5.74) is 2.98. The number of hydrogen-bond acceptors (Lipinski definition) is 6. The number of amides is 2. The fraction of sp³-hybridized carbons (Fsp3) is 0.188. The van der Waals surface area contributed by atoms with Gasteiger partial charge in [0.25, 0.3) is 11.8 Å². The summed E-state index contributed by atoms with van der Waals surface area (Å²) in [5, 5.41) is 6.02. The van der Waals surface area contributed by atoms with E-state index in [-0.39, 0.29) is 11.8 Å². The summed E-state index contributed by atoms with van der Waals surface area (Å²) in [5.74, 6) is 1.18. The van der Waals surface area contributed by atoms with E-state index in [0.29, 0.717) is 37.4 Å². The molecule has 206 valence electrons. The van der Waals surface area contributed by atoms with Gasteiger partial charge in [-0.25, -0.2) is 0 Å². The molecule has 2 N–H and O–H groups in total. The van der Waals surface area contributed by atoms with E-state index in [4.69, 9.17) is 9.47 Å². The summed E-state index contributed by atoms with van der Waals surface area (Å²) < 4.78 is 11.4. The van der Waals surface area contributed by atoms with Crippen molar-refractivity contribution in [1.82, 2.24) is 10.6 Å². The van der Waals surface area contributed by atoms with Gasteiger partial charge in [-0.3, -0.25) is 9.59 Å². The second-order valence-electron chi connectivity index (χ2n) is 8.61. The topological polar surface area (TPSA) is 76.7 Å². The lowest BCUT2D eigenvalue weighted by atomic mass is 10.1. The van der Waals surface area contributed by atoms with Crippen molar-refractivity contribution >= 4 is 33.4 Å². The number of ether oxygens (including phenoxy) is 2. The minimum absolute atomic E-state index is 0.172. The Morgan fingerprint density at radius 3 is 1.38 bits per heavy atom. The SMILES string of the molecule is CCOc1ccccc1CNC(=O)c1ccccc1SSc1ccccc1C(=O)NCc1ccccc1OCC. The third-order valence-corrected chi connectivity index (χ3v) is 8.39. The third-order valence-electron chi connectivity index (χ3n) is 5.91. The monoisotopic (exact) mass is 572 g/mol. The molecule has 0 saturated carbocycles. The van der Waals surface area contributed by atoms with Crippen LogP contribution < -0.4 is 20.1 Å². The Labute approximate surface area is 243 Å². The maximum absolute atomic E-state index is 13.1. The van der Waals surface area contributed by atoms with Gasteiger partial charge in [0.05, 0.1) is 24.3 Å². The van der Waals surface area contributed by atoms with Gasteiger partial charge in [0.2, 0.25) is 0 Å². The first-order valence-electron chi connectivity index (χ1n) is 13.1. The van der Waals surface area contributed by atoms with E-state index in [1.54, 1.807) is 12.1 Å². The van der Waals surface area contributed by atoms with Crippen molar-refractivity contribution in [2.24, 2.45) is 0 Å². The largest absolute Gasteiger partial charge is 0.494 e. The van der Waals surface area contributed by atoms with Crippen LogP contribution in [-0.4, -0.2) is 25.0 Å². The Kier molecular flexibility index (Phi) is 11.0. The first kappa shape index (κ1) is 29.1. The average molecular weight is 573 g/mol. The molecule has 0 unspecified atom stereocenters. The fourth-order valence-corrected chi connectivity index (χ4v) is 6.34. The maximum Gasteiger partial charge on any atom is 0.252 e. The number of benzene rings is 4. The number of carbonyl (C=O) groups excluding carboxylic acids is 2. The quantitative estimate of drug-likeness (QED) is 0.166. The third kappa shape index (κ3) is 7.83. The predicted octanol–water partition coefficient (Wildman–Crippen LogP) is 7.14. The second kappa shape index (κ2) is 15.1. The van der Waals surface area contributed by atoms with Gasteiger partial charge < -0.3 is 20.1 Å². The van der Waals surface area contributed by atoms with E-state index in [9.17, 15) is 9.59 Å². The number of rotatable bonds is 13. The molecule has 4 aromatic rings. The second-order valence-corrected chi connectivity index (χ2v) is 10.8. The number of para-hydroxylation sites is 2. The first-order valence-corrected chi connectivity index (χ1v) is 15.3. The van der Waals surface area contributed by atoms with E-state index in [1.807, 2.05) is 98.8 Å². The molecule has 4 aromatic carbocycles. The molecule has 0 aliphatic heterocycles. The standard InChI is InChI=1S/C32H32N2O4S2/c1-3-37-27-17-9-5-13-23(27)21-33-31(35)25-15-7-11-19-29(25)39-40-30-20-12-8-16-26(30)32(36)34-22-24-14-6-10-18-28(24)38-4-2/h5-20H,3-4,21-22H2,1-2H3,(H,33,35)(H,34,36).